The maximum Gasteiger partial charge on any atom is 0.341 e. The Hall–Kier alpha value is -0.180. The molecule has 0 saturated heterocycles. The molecule has 5 heteroatoms. The molecule has 4 nitrogen and oxygen atoms in total. The summed E-state index contributed by atoms with van der Waals surface area (Å²) >= 11 is 0. The van der Waals surface area contributed by atoms with E-state index in [0.29, 0.717) is 26.1 Å². The van der Waals surface area contributed by atoms with Crippen LogP contribution >= 0.6 is 7.60 Å². The van der Waals surface area contributed by atoms with E-state index in [9.17, 15) is 9.36 Å². The standard InChI is InChI=1S/C16H31O4P/c1-3-19-21(18,20-4-2)16-14-12-10-8-6-5-7-9-11-13-15(16)17/h16H,3-14H2,1-2H3. The van der Waals surface area contributed by atoms with Gasteiger partial charge >= 0.3 is 7.60 Å². The first-order valence-corrected chi connectivity index (χ1v) is 10.2. The highest BCUT2D eigenvalue weighted by atomic mass is 31.2. The van der Waals surface area contributed by atoms with Crippen LogP contribution in [-0.4, -0.2) is 24.7 Å². The molecule has 1 rings (SSSR count). The lowest BCUT2D eigenvalue weighted by molar-refractivity contribution is -0.119. The van der Waals surface area contributed by atoms with E-state index in [1.165, 1.54) is 25.7 Å². The minimum Gasteiger partial charge on any atom is -0.308 e. The predicted molar refractivity (Wildman–Crippen MR) is 85.8 cm³/mol. The third-order valence-corrected chi connectivity index (χ3v) is 6.57. The SMILES string of the molecule is CCOP(=O)(OCC)C1CCCCCCCCCCC1=O. The van der Waals surface area contributed by atoms with Crippen molar-refractivity contribution in [2.75, 3.05) is 13.2 Å². The van der Waals surface area contributed by atoms with Crippen LogP contribution in [0.5, 0.6) is 0 Å². The van der Waals surface area contributed by atoms with E-state index in [4.69, 9.17) is 9.05 Å². The van der Waals surface area contributed by atoms with E-state index in [0.717, 1.165) is 25.7 Å². The average Bonchev–Trinajstić information content (AvgIpc) is 2.43. The molecule has 1 aliphatic carbocycles. The molecule has 0 aromatic heterocycles. The molecule has 0 aromatic carbocycles. The Morgan fingerprint density at radius 2 is 1.38 bits per heavy atom. The molecular weight excluding hydrogens is 287 g/mol. The van der Waals surface area contributed by atoms with E-state index >= 15 is 0 Å². The van der Waals surface area contributed by atoms with Crippen LogP contribution in [0.3, 0.4) is 0 Å². The summed E-state index contributed by atoms with van der Waals surface area (Å²) in [5, 5.41) is 0. The summed E-state index contributed by atoms with van der Waals surface area (Å²) in [4.78, 5) is 12.5. The molecule has 21 heavy (non-hydrogen) atoms. The van der Waals surface area contributed by atoms with Crippen molar-refractivity contribution in [2.24, 2.45) is 0 Å². The third kappa shape index (κ3) is 6.63. The van der Waals surface area contributed by atoms with E-state index in [2.05, 4.69) is 0 Å². The van der Waals surface area contributed by atoms with Gasteiger partial charge in [0.25, 0.3) is 0 Å². The highest BCUT2D eigenvalue weighted by Crippen LogP contribution is 2.55. The molecule has 0 spiro atoms. The van der Waals surface area contributed by atoms with Gasteiger partial charge in [0, 0.05) is 6.42 Å². The fourth-order valence-electron chi connectivity index (χ4n) is 2.94. The van der Waals surface area contributed by atoms with Gasteiger partial charge in [-0.25, -0.2) is 0 Å². The first-order valence-electron chi connectivity index (χ1n) is 8.55. The van der Waals surface area contributed by atoms with Gasteiger partial charge in [-0.2, -0.15) is 0 Å². The van der Waals surface area contributed by atoms with Crippen LogP contribution in [-0.2, 0) is 18.4 Å². The minimum atomic E-state index is -3.31. The van der Waals surface area contributed by atoms with Crippen molar-refractivity contribution in [1.82, 2.24) is 0 Å². The molecule has 1 unspecified atom stereocenters. The molecule has 1 atom stereocenters. The Morgan fingerprint density at radius 1 is 0.905 bits per heavy atom. The summed E-state index contributed by atoms with van der Waals surface area (Å²) in [6.07, 6.45) is 10.1. The molecule has 0 heterocycles. The molecule has 0 aliphatic heterocycles. The molecule has 0 radical (unpaired) electrons. The van der Waals surface area contributed by atoms with Crippen LogP contribution in [0.1, 0.15) is 78.1 Å². The number of ketones is 1. The van der Waals surface area contributed by atoms with E-state index in [-0.39, 0.29) is 5.78 Å². The van der Waals surface area contributed by atoms with E-state index < -0.39 is 13.3 Å². The number of rotatable bonds is 5. The average molecular weight is 318 g/mol. The fraction of sp³-hybridized carbons (Fsp3) is 0.938. The van der Waals surface area contributed by atoms with Crippen LogP contribution < -0.4 is 0 Å². The summed E-state index contributed by atoms with van der Waals surface area (Å²) < 4.78 is 23.8. The predicted octanol–water partition coefficient (Wildman–Crippen LogP) is 5.10. The Morgan fingerprint density at radius 3 is 1.90 bits per heavy atom. The van der Waals surface area contributed by atoms with Gasteiger partial charge in [-0.05, 0) is 26.7 Å². The molecule has 0 amide bonds. The largest absolute Gasteiger partial charge is 0.341 e. The highest BCUT2D eigenvalue weighted by molar-refractivity contribution is 7.55. The van der Waals surface area contributed by atoms with Crippen LogP contribution in [0.25, 0.3) is 0 Å². The lowest BCUT2D eigenvalue weighted by Crippen LogP contribution is -2.24. The van der Waals surface area contributed by atoms with Crippen LogP contribution in [0.2, 0.25) is 0 Å². The van der Waals surface area contributed by atoms with Gasteiger partial charge in [-0.3, -0.25) is 9.36 Å². The Labute approximate surface area is 129 Å². The number of carbonyl (C=O) groups is 1. The summed E-state index contributed by atoms with van der Waals surface area (Å²) in [5.74, 6) is 0.0702. The summed E-state index contributed by atoms with van der Waals surface area (Å²) in [6.45, 7) is 4.24. The topological polar surface area (TPSA) is 52.6 Å². The first kappa shape index (κ1) is 18.9. The highest BCUT2D eigenvalue weighted by Gasteiger charge is 2.39. The fourth-order valence-corrected chi connectivity index (χ4v) is 5.07. The van der Waals surface area contributed by atoms with Gasteiger partial charge in [0.15, 0.2) is 0 Å². The van der Waals surface area contributed by atoms with Crippen molar-refractivity contribution in [3.63, 3.8) is 0 Å². The smallest absolute Gasteiger partial charge is 0.308 e. The van der Waals surface area contributed by atoms with Crippen molar-refractivity contribution in [3.8, 4) is 0 Å². The molecule has 0 N–H and O–H groups in total. The second kappa shape index (κ2) is 10.5. The number of hydrogen-bond donors (Lipinski definition) is 0. The summed E-state index contributed by atoms with van der Waals surface area (Å²) in [5.41, 5.74) is -0.558. The maximum atomic E-state index is 12.9. The van der Waals surface area contributed by atoms with Gasteiger partial charge in [-0.15, -0.1) is 0 Å². The van der Waals surface area contributed by atoms with E-state index in [1.54, 1.807) is 13.8 Å². The summed E-state index contributed by atoms with van der Waals surface area (Å²) in [7, 11) is -3.31. The van der Waals surface area contributed by atoms with Crippen molar-refractivity contribution in [3.05, 3.63) is 0 Å². The van der Waals surface area contributed by atoms with Crippen molar-refractivity contribution < 1.29 is 18.4 Å². The molecule has 0 bridgehead atoms. The number of Topliss-reactive ketones (excluding diaryl/α,β-unsaturated/α-hetero) is 1. The first-order chi connectivity index (χ1) is 10.1. The normalized spacial score (nSPS) is 23.3. The van der Waals surface area contributed by atoms with Gasteiger partial charge in [0.05, 0.1) is 13.2 Å². The number of carbonyl (C=O) groups excluding carboxylic acids is 1. The molecular formula is C16H31O4P. The zero-order valence-corrected chi connectivity index (χ0v) is 14.5. The molecule has 1 fully saturated rings. The van der Waals surface area contributed by atoms with E-state index in [1.807, 2.05) is 0 Å². The van der Waals surface area contributed by atoms with Crippen molar-refractivity contribution in [1.29, 1.82) is 0 Å². The molecule has 1 aliphatic rings. The lowest BCUT2D eigenvalue weighted by atomic mass is 10.00. The number of hydrogen-bond acceptors (Lipinski definition) is 4. The quantitative estimate of drug-likeness (QED) is 0.661. The molecule has 1 saturated carbocycles. The van der Waals surface area contributed by atoms with Gasteiger partial charge < -0.3 is 9.05 Å². The zero-order valence-electron chi connectivity index (χ0n) is 13.6. The molecule has 124 valence electrons. The van der Waals surface area contributed by atoms with Crippen molar-refractivity contribution >= 4 is 13.4 Å². The van der Waals surface area contributed by atoms with Crippen molar-refractivity contribution in [2.45, 2.75) is 83.7 Å². The minimum absolute atomic E-state index is 0.0702. The lowest BCUT2D eigenvalue weighted by Gasteiger charge is -2.25. The van der Waals surface area contributed by atoms with Gasteiger partial charge in [0.1, 0.15) is 11.4 Å². The third-order valence-electron chi connectivity index (χ3n) is 4.02. The van der Waals surface area contributed by atoms with Crippen LogP contribution in [0, 0.1) is 0 Å². The Balaban J connectivity index is 2.78. The van der Waals surface area contributed by atoms with Crippen LogP contribution in [0.15, 0.2) is 0 Å². The Bertz CT molecular complexity index is 333. The maximum absolute atomic E-state index is 12.9. The zero-order chi connectivity index (χ0) is 15.6. The second-order valence-electron chi connectivity index (χ2n) is 5.72. The van der Waals surface area contributed by atoms with Gasteiger partial charge in [0.2, 0.25) is 0 Å². The Kier molecular flexibility index (Phi) is 9.46. The molecule has 0 aromatic rings. The monoisotopic (exact) mass is 318 g/mol. The van der Waals surface area contributed by atoms with Gasteiger partial charge in [-0.1, -0.05) is 44.9 Å². The second-order valence-corrected chi connectivity index (χ2v) is 7.94. The summed E-state index contributed by atoms with van der Waals surface area (Å²) in [6, 6.07) is 0. The van der Waals surface area contributed by atoms with Crippen LogP contribution in [0.4, 0.5) is 0 Å².